The molecule has 0 spiro atoms. The Morgan fingerprint density at radius 3 is 2.12 bits per heavy atom. The van der Waals surface area contributed by atoms with Crippen molar-refractivity contribution < 1.29 is 24.8 Å². The predicted molar refractivity (Wildman–Crippen MR) is 97.3 cm³/mol. The van der Waals surface area contributed by atoms with Crippen molar-refractivity contribution in [3.8, 4) is 0 Å². The molecule has 0 bridgehead atoms. The summed E-state index contributed by atoms with van der Waals surface area (Å²) in [7, 11) is -3.51. The molecule has 1 aromatic rings. The van der Waals surface area contributed by atoms with Gasteiger partial charge >= 0.3 is 156 Å². The Balaban J connectivity index is 2.25. The van der Waals surface area contributed by atoms with Crippen molar-refractivity contribution in [1.29, 1.82) is 0 Å². The molecule has 1 unspecified atom stereocenters. The Bertz CT molecular complexity index is 571. The van der Waals surface area contributed by atoms with Crippen molar-refractivity contribution >= 4 is 23.3 Å². The van der Waals surface area contributed by atoms with Crippen LogP contribution in [0.25, 0.3) is 0 Å². The van der Waals surface area contributed by atoms with Gasteiger partial charge in [0.05, 0.1) is 0 Å². The molecule has 1 aromatic carbocycles. The van der Waals surface area contributed by atoms with Crippen molar-refractivity contribution in [2.75, 3.05) is 26.4 Å². The number of hydrogen-bond acceptors (Lipinski definition) is 6. The third-order valence-electron chi connectivity index (χ3n) is 3.58. The summed E-state index contributed by atoms with van der Waals surface area (Å²) < 4.78 is 42.0. The summed E-state index contributed by atoms with van der Waals surface area (Å²) in [6, 6.07) is 7.66. The fraction of sp³-hybridized carbons (Fsp3) is 0.647. The van der Waals surface area contributed by atoms with Crippen LogP contribution in [0.4, 0.5) is 0 Å². The molecule has 0 N–H and O–H groups in total. The normalized spacial score (nSPS) is 19.7. The van der Waals surface area contributed by atoms with Crippen LogP contribution >= 0.6 is 7.60 Å². The van der Waals surface area contributed by atoms with E-state index in [1.165, 1.54) is 0 Å². The van der Waals surface area contributed by atoms with Crippen LogP contribution in [-0.2, 0) is 24.8 Å². The van der Waals surface area contributed by atoms with Crippen LogP contribution in [0.15, 0.2) is 24.3 Å². The van der Waals surface area contributed by atoms with Gasteiger partial charge in [-0.05, 0) is 0 Å². The number of aryl methyl sites for hydroxylation is 1. The van der Waals surface area contributed by atoms with E-state index >= 15 is 0 Å². The summed E-state index contributed by atoms with van der Waals surface area (Å²) in [5.74, 6) is -0.853. The average molecular weight is 434 g/mol. The van der Waals surface area contributed by atoms with E-state index in [1.807, 2.05) is 31.2 Å². The second kappa shape index (κ2) is 9.14. The van der Waals surface area contributed by atoms with Crippen LogP contribution in [0.5, 0.6) is 0 Å². The van der Waals surface area contributed by atoms with E-state index in [4.69, 9.17) is 20.2 Å². The van der Waals surface area contributed by atoms with Gasteiger partial charge in [-0.3, -0.25) is 0 Å². The molecule has 1 atom stereocenters. The van der Waals surface area contributed by atoms with Crippen molar-refractivity contribution in [3.05, 3.63) is 35.4 Å². The Hall–Kier alpha value is -0.192. The molecular formula is C17H28AsO6P. The van der Waals surface area contributed by atoms with E-state index in [0.717, 1.165) is 11.1 Å². The first-order chi connectivity index (χ1) is 11.8. The summed E-state index contributed by atoms with van der Waals surface area (Å²) >= 11 is -2.51. The molecule has 1 aliphatic rings. The van der Waals surface area contributed by atoms with Crippen LogP contribution < -0.4 is 0 Å². The Morgan fingerprint density at radius 2 is 1.64 bits per heavy atom. The first-order valence-corrected chi connectivity index (χ1v) is 12.4. The quantitative estimate of drug-likeness (QED) is 0.448. The summed E-state index contributed by atoms with van der Waals surface area (Å²) in [4.78, 5) is 0. The third-order valence-corrected chi connectivity index (χ3v) is 8.38. The van der Waals surface area contributed by atoms with E-state index in [9.17, 15) is 4.57 Å². The van der Waals surface area contributed by atoms with Gasteiger partial charge < -0.3 is 0 Å². The minimum atomic E-state index is -3.51. The zero-order valence-electron chi connectivity index (χ0n) is 15.6. The van der Waals surface area contributed by atoms with Gasteiger partial charge in [0.25, 0.3) is 0 Å². The topological polar surface area (TPSA) is 63.2 Å². The van der Waals surface area contributed by atoms with Crippen LogP contribution in [0, 0.1) is 12.3 Å². The average Bonchev–Trinajstić information content (AvgIpc) is 2.55. The number of hydrogen-bond donors (Lipinski definition) is 0. The van der Waals surface area contributed by atoms with E-state index in [0.29, 0.717) is 13.2 Å². The molecule has 0 radical (unpaired) electrons. The summed E-state index contributed by atoms with van der Waals surface area (Å²) in [6.45, 7) is 11.4. The van der Waals surface area contributed by atoms with Gasteiger partial charge in [-0.25, -0.2) is 0 Å². The molecule has 1 aliphatic heterocycles. The summed E-state index contributed by atoms with van der Waals surface area (Å²) in [5.41, 5.74) is 1.80. The number of rotatable bonds is 8. The molecule has 6 nitrogen and oxygen atoms in total. The van der Waals surface area contributed by atoms with E-state index in [1.54, 1.807) is 13.8 Å². The zero-order valence-corrected chi connectivity index (χ0v) is 18.3. The van der Waals surface area contributed by atoms with Crippen LogP contribution in [0.1, 0.15) is 44.7 Å². The van der Waals surface area contributed by atoms with Gasteiger partial charge in [-0.2, -0.15) is 0 Å². The Labute approximate surface area is 156 Å². The molecule has 2 rings (SSSR count). The van der Waals surface area contributed by atoms with Crippen molar-refractivity contribution in [2.24, 2.45) is 5.41 Å². The maximum atomic E-state index is 13.3. The van der Waals surface area contributed by atoms with Gasteiger partial charge in [-0.1, -0.05) is 0 Å². The molecule has 142 valence electrons. The van der Waals surface area contributed by atoms with Crippen LogP contribution in [0.3, 0.4) is 0 Å². The molecule has 1 heterocycles. The van der Waals surface area contributed by atoms with Gasteiger partial charge in [0.1, 0.15) is 0 Å². The minimum absolute atomic E-state index is 0.0441. The summed E-state index contributed by atoms with van der Waals surface area (Å²) in [6.07, 6.45) is 0. The first-order valence-electron chi connectivity index (χ1n) is 8.48. The SMILES string of the molecule is CCOP(=O)(OCC)C(O[As]1OCC(C)(C)CO1)c1ccc(C)cc1. The van der Waals surface area contributed by atoms with Crippen LogP contribution in [-0.4, -0.2) is 42.1 Å². The molecule has 0 saturated carbocycles. The van der Waals surface area contributed by atoms with Gasteiger partial charge in [-0.15, -0.1) is 0 Å². The van der Waals surface area contributed by atoms with Gasteiger partial charge in [0, 0.05) is 0 Å². The second-order valence-corrected chi connectivity index (χ2v) is 11.2. The first kappa shape index (κ1) is 21.1. The van der Waals surface area contributed by atoms with Crippen molar-refractivity contribution in [3.63, 3.8) is 0 Å². The van der Waals surface area contributed by atoms with Crippen LogP contribution in [0.2, 0.25) is 0 Å². The Kier molecular flexibility index (Phi) is 7.72. The number of benzene rings is 1. The van der Waals surface area contributed by atoms with Crippen molar-refractivity contribution in [2.45, 2.75) is 40.5 Å². The molecule has 1 saturated heterocycles. The van der Waals surface area contributed by atoms with Crippen molar-refractivity contribution in [1.82, 2.24) is 0 Å². The van der Waals surface area contributed by atoms with E-state index in [2.05, 4.69) is 13.8 Å². The fourth-order valence-electron chi connectivity index (χ4n) is 2.24. The molecule has 0 aliphatic carbocycles. The monoisotopic (exact) mass is 434 g/mol. The molecule has 1 fully saturated rings. The predicted octanol–water partition coefficient (Wildman–Crippen LogP) is 4.33. The zero-order chi connectivity index (χ0) is 18.5. The molecule has 8 heteroatoms. The van der Waals surface area contributed by atoms with E-state index < -0.39 is 29.1 Å². The molecular weight excluding hydrogens is 406 g/mol. The third kappa shape index (κ3) is 5.90. The summed E-state index contributed by atoms with van der Waals surface area (Å²) in [5, 5.41) is 0. The van der Waals surface area contributed by atoms with E-state index in [-0.39, 0.29) is 18.6 Å². The van der Waals surface area contributed by atoms with Gasteiger partial charge in [0.2, 0.25) is 0 Å². The standard InChI is InChI=1S/C17H28AsO6P/c1-6-22-25(19,23-7-2)16(15-10-8-14(3)9-11-15)24-18-20-12-17(4,5)13-21-18/h8-11,16H,6-7,12-13H2,1-5H3. The Morgan fingerprint density at radius 1 is 1.12 bits per heavy atom. The van der Waals surface area contributed by atoms with Gasteiger partial charge in [0.15, 0.2) is 0 Å². The second-order valence-electron chi connectivity index (χ2n) is 6.68. The molecule has 25 heavy (non-hydrogen) atoms. The fourth-order valence-corrected chi connectivity index (χ4v) is 8.00. The molecule has 0 aromatic heterocycles. The maximum absolute atomic E-state index is 13.3. The molecule has 0 amide bonds.